The molecule has 2 rings (SSSR count). The average Bonchev–Trinajstić information content (AvgIpc) is 2.30. The summed E-state index contributed by atoms with van der Waals surface area (Å²) in [6, 6.07) is 0.809. The first-order valence-electron chi connectivity index (χ1n) is 6.88. The standard InChI is InChI=1S/C13H26N2S/c1-12-3-2-7-15(11-12)8-6-14-13-4-9-16-10-5-13/h12-14H,2-11H2,1H3. The number of nitrogens with zero attached hydrogens (tertiary/aromatic N) is 1. The first kappa shape index (κ1) is 12.7. The van der Waals surface area contributed by atoms with Gasteiger partial charge in [0, 0.05) is 25.7 Å². The number of rotatable bonds is 4. The van der Waals surface area contributed by atoms with Crippen LogP contribution >= 0.6 is 11.8 Å². The zero-order valence-electron chi connectivity index (χ0n) is 10.6. The molecule has 0 aromatic carbocycles. The van der Waals surface area contributed by atoms with Gasteiger partial charge in [-0.1, -0.05) is 6.92 Å². The van der Waals surface area contributed by atoms with Gasteiger partial charge in [-0.15, -0.1) is 0 Å². The van der Waals surface area contributed by atoms with Crippen LogP contribution in [0.5, 0.6) is 0 Å². The first-order valence-corrected chi connectivity index (χ1v) is 8.03. The van der Waals surface area contributed by atoms with Crippen LogP contribution in [0, 0.1) is 5.92 Å². The summed E-state index contributed by atoms with van der Waals surface area (Å²) < 4.78 is 0. The van der Waals surface area contributed by atoms with Crippen molar-refractivity contribution in [3.8, 4) is 0 Å². The molecule has 0 aliphatic carbocycles. The molecular weight excluding hydrogens is 216 g/mol. The number of thioether (sulfide) groups is 1. The SMILES string of the molecule is CC1CCCN(CCNC2CCSCC2)C1. The average molecular weight is 242 g/mol. The van der Waals surface area contributed by atoms with Gasteiger partial charge in [0.2, 0.25) is 0 Å². The van der Waals surface area contributed by atoms with Gasteiger partial charge in [-0.3, -0.25) is 0 Å². The highest BCUT2D eigenvalue weighted by Crippen LogP contribution is 2.17. The Bertz CT molecular complexity index is 192. The van der Waals surface area contributed by atoms with E-state index in [-0.39, 0.29) is 0 Å². The summed E-state index contributed by atoms with van der Waals surface area (Å²) in [5, 5.41) is 3.73. The molecule has 0 saturated carbocycles. The quantitative estimate of drug-likeness (QED) is 0.814. The van der Waals surface area contributed by atoms with Crippen molar-refractivity contribution in [2.75, 3.05) is 37.7 Å². The lowest BCUT2D eigenvalue weighted by molar-refractivity contribution is 0.182. The predicted octanol–water partition coefficient (Wildman–Crippen LogP) is 2.20. The highest BCUT2D eigenvalue weighted by atomic mass is 32.2. The number of hydrogen-bond donors (Lipinski definition) is 1. The number of hydrogen-bond acceptors (Lipinski definition) is 3. The molecule has 1 atom stereocenters. The molecule has 0 spiro atoms. The van der Waals surface area contributed by atoms with Gasteiger partial charge in [-0.25, -0.2) is 0 Å². The van der Waals surface area contributed by atoms with Crippen molar-refractivity contribution in [1.82, 2.24) is 10.2 Å². The van der Waals surface area contributed by atoms with Crippen LogP contribution in [0.2, 0.25) is 0 Å². The van der Waals surface area contributed by atoms with Gasteiger partial charge in [0.25, 0.3) is 0 Å². The summed E-state index contributed by atoms with van der Waals surface area (Å²) in [7, 11) is 0. The van der Waals surface area contributed by atoms with E-state index in [9.17, 15) is 0 Å². The Morgan fingerprint density at radius 3 is 2.81 bits per heavy atom. The van der Waals surface area contributed by atoms with E-state index in [2.05, 4.69) is 28.9 Å². The molecule has 2 heterocycles. The fourth-order valence-electron chi connectivity index (χ4n) is 2.82. The van der Waals surface area contributed by atoms with Crippen molar-refractivity contribution in [2.45, 2.75) is 38.6 Å². The predicted molar refractivity (Wildman–Crippen MR) is 73.2 cm³/mol. The second-order valence-corrected chi connectivity index (χ2v) is 6.61. The fraction of sp³-hybridized carbons (Fsp3) is 1.00. The third kappa shape index (κ3) is 4.27. The van der Waals surface area contributed by atoms with Crippen LogP contribution in [-0.4, -0.2) is 48.6 Å². The van der Waals surface area contributed by atoms with Gasteiger partial charge in [-0.2, -0.15) is 11.8 Å². The molecule has 2 saturated heterocycles. The lowest BCUT2D eigenvalue weighted by Gasteiger charge is -2.31. The molecule has 2 nitrogen and oxygen atoms in total. The molecule has 0 amide bonds. The van der Waals surface area contributed by atoms with E-state index in [1.54, 1.807) is 0 Å². The molecule has 94 valence electrons. The lowest BCUT2D eigenvalue weighted by atomic mass is 10.0. The van der Waals surface area contributed by atoms with Gasteiger partial charge >= 0.3 is 0 Å². The van der Waals surface area contributed by atoms with Crippen LogP contribution in [0.1, 0.15) is 32.6 Å². The molecule has 16 heavy (non-hydrogen) atoms. The van der Waals surface area contributed by atoms with Crippen LogP contribution in [0.3, 0.4) is 0 Å². The van der Waals surface area contributed by atoms with Gasteiger partial charge < -0.3 is 10.2 Å². The highest BCUT2D eigenvalue weighted by Gasteiger charge is 2.17. The van der Waals surface area contributed by atoms with Crippen molar-refractivity contribution in [3.63, 3.8) is 0 Å². The van der Waals surface area contributed by atoms with E-state index in [1.807, 2.05) is 0 Å². The van der Waals surface area contributed by atoms with Crippen molar-refractivity contribution in [2.24, 2.45) is 5.92 Å². The fourth-order valence-corrected chi connectivity index (χ4v) is 3.92. The minimum absolute atomic E-state index is 0.809. The van der Waals surface area contributed by atoms with Crippen LogP contribution < -0.4 is 5.32 Å². The Kier molecular flexibility index (Phi) is 5.46. The van der Waals surface area contributed by atoms with Crippen LogP contribution in [0.15, 0.2) is 0 Å². The number of piperidine rings is 1. The van der Waals surface area contributed by atoms with Gasteiger partial charge in [0.1, 0.15) is 0 Å². The van der Waals surface area contributed by atoms with E-state index in [1.165, 1.54) is 63.4 Å². The summed E-state index contributed by atoms with van der Waals surface area (Å²) >= 11 is 2.11. The van der Waals surface area contributed by atoms with Crippen molar-refractivity contribution in [1.29, 1.82) is 0 Å². The van der Waals surface area contributed by atoms with Crippen molar-refractivity contribution in [3.05, 3.63) is 0 Å². The van der Waals surface area contributed by atoms with Gasteiger partial charge in [0.05, 0.1) is 0 Å². The smallest absolute Gasteiger partial charge is 0.0107 e. The molecule has 0 radical (unpaired) electrons. The summed E-state index contributed by atoms with van der Waals surface area (Å²) in [4.78, 5) is 2.64. The van der Waals surface area contributed by atoms with Crippen LogP contribution in [0.4, 0.5) is 0 Å². The highest BCUT2D eigenvalue weighted by molar-refractivity contribution is 7.99. The molecule has 2 aliphatic heterocycles. The van der Waals surface area contributed by atoms with Crippen molar-refractivity contribution >= 4 is 11.8 Å². The molecule has 1 unspecified atom stereocenters. The van der Waals surface area contributed by atoms with Crippen molar-refractivity contribution < 1.29 is 0 Å². The van der Waals surface area contributed by atoms with E-state index < -0.39 is 0 Å². The third-order valence-electron chi connectivity index (χ3n) is 3.82. The van der Waals surface area contributed by atoms with Gasteiger partial charge in [0.15, 0.2) is 0 Å². The molecule has 0 bridgehead atoms. The summed E-state index contributed by atoms with van der Waals surface area (Å²) in [5.74, 6) is 3.64. The zero-order valence-corrected chi connectivity index (χ0v) is 11.4. The lowest BCUT2D eigenvalue weighted by Crippen LogP contribution is -2.42. The molecule has 3 heteroatoms. The number of likely N-dealkylation sites (tertiary alicyclic amines) is 1. The molecule has 0 aromatic heterocycles. The van der Waals surface area contributed by atoms with E-state index >= 15 is 0 Å². The zero-order chi connectivity index (χ0) is 11.2. The molecule has 2 fully saturated rings. The van der Waals surface area contributed by atoms with Gasteiger partial charge in [-0.05, 0) is 49.7 Å². The summed E-state index contributed by atoms with van der Waals surface area (Å²) in [5.41, 5.74) is 0. The van der Waals surface area contributed by atoms with E-state index in [4.69, 9.17) is 0 Å². The second-order valence-electron chi connectivity index (χ2n) is 5.39. The minimum atomic E-state index is 0.809. The Morgan fingerprint density at radius 1 is 1.25 bits per heavy atom. The third-order valence-corrected chi connectivity index (χ3v) is 4.87. The second kappa shape index (κ2) is 6.87. The first-order chi connectivity index (χ1) is 7.84. The summed E-state index contributed by atoms with van der Waals surface area (Å²) in [6.07, 6.45) is 5.59. The molecule has 2 aliphatic rings. The minimum Gasteiger partial charge on any atom is -0.313 e. The molecule has 0 aromatic rings. The Balaban J connectivity index is 1.56. The largest absolute Gasteiger partial charge is 0.313 e. The topological polar surface area (TPSA) is 15.3 Å². The maximum Gasteiger partial charge on any atom is 0.0107 e. The Hall–Kier alpha value is 0.270. The normalized spacial score (nSPS) is 29.4. The van der Waals surface area contributed by atoms with E-state index in [0.29, 0.717) is 0 Å². The van der Waals surface area contributed by atoms with Crippen LogP contribution in [0.25, 0.3) is 0 Å². The monoisotopic (exact) mass is 242 g/mol. The van der Waals surface area contributed by atoms with Crippen LogP contribution in [-0.2, 0) is 0 Å². The maximum atomic E-state index is 3.73. The maximum absolute atomic E-state index is 3.73. The summed E-state index contributed by atoms with van der Waals surface area (Å²) in [6.45, 7) is 7.49. The van der Waals surface area contributed by atoms with E-state index in [0.717, 1.165) is 12.0 Å². The Labute approximate surface area is 105 Å². The molecule has 1 N–H and O–H groups in total. The molecular formula is C13H26N2S. The Morgan fingerprint density at radius 2 is 2.06 bits per heavy atom. The number of nitrogens with one attached hydrogen (secondary N) is 1.